The Labute approximate surface area is 78.9 Å². The fourth-order valence-corrected chi connectivity index (χ4v) is 1.56. The average molecular weight is 185 g/mol. The van der Waals surface area contributed by atoms with E-state index >= 15 is 0 Å². The van der Waals surface area contributed by atoms with Crippen molar-refractivity contribution < 1.29 is 0 Å². The summed E-state index contributed by atoms with van der Waals surface area (Å²) in [6, 6.07) is 0.723. The van der Waals surface area contributed by atoms with E-state index in [0.29, 0.717) is 12.1 Å². The Hall–Kier alpha value is -0.810. The average Bonchev–Trinajstić information content (AvgIpc) is 2.08. The molecule has 0 amide bonds. The summed E-state index contributed by atoms with van der Waals surface area (Å²) in [6.07, 6.45) is 4.16. The molecule has 1 saturated carbocycles. The lowest BCUT2D eigenvalue weighted by molar-refractivity contribution is 0.359. The zero-order valence-electron chi connectivity index (χ0n) is 8.09. The number of guanidine groups is 1. The first kappa shape index (κ1) is 10.3. The Morgan fingerprint density at radius 2 is 1.92 bits per heavy atom. The third-order valence-corrected chi connectivity index (χ3v) is 2.47. The van der Waals surface area contributed by atoms with Crippen molar-refractivity contribution in [1.29, 1.82) is 5.41 Å². The van der Waals surface area contributed by atoms with Crippen LogP contribution in [0.15, 0.2) is 0 Å². The Bertz CT molecular complexity index is 171. The summed E-state index contributed by atoms with van der Waals surface area (Å²) in [7, 11) is 1.66. The van der Waals surface area contributed by atoms with Crippen LogP contribution in [0.1, 0.15) is 25.7 Å². The minimum absolute atomic E-state index is 0.278. The van der Waals surface area contributed by atoms with Crippen molar-refractivity contribution in [2.45, 2.75) is 37.8 Å². The molecule has 0 aromatic carbocycles. The molecule has 0 spiro atoms. The third-order valence-electron chi connectivity index (χ3n) is 2.47. The number of hydrazine groups is 1. The van der Waals surface area contributed by atoms with E-state index in [1.54, 1.807) is 7.05 Å². The second-order valence-corrected chi connectivity index (χ2v) is 3.72. The molecular weight excluding hydrogens is 166 g/mol. The summed E-state index contributed by atoms with van der Waals surface area (Å²) in [5, 5.41) is 11.8. The van der Waals surface area contributed by atoms with Crippen LogP contribution >= 0.6 is 0 Å². The van der Waals surface area contributed by atoms with Gasteiger partial charge in [0.15, 0.2) is 0 Å². The second-order valence-electron chi connectivity index (χ2n) is 3.72. The van der Waals surface area contributed by atoms with Gasteiger partial charge < -0.3 is 11.1 Å². The molecular formula is C8H19N5. The molecule has 1 rings (SSSR count). The Kier molecular flexibility index (Phi) is 3.50. The first-order valence-corrected chi connectivity index (χ1v) is 4.68. The van der Waals surface area contributed by atoms with E-state index in [4.69, 9.17) is 17.0 Å². The summed E-state index contributed by atoms with van der Waals surface area (Å²) in [6.45, 7) is 0. The maximum atomic E-state index is 7.49. The summed E-state index contributed by atoms with van der Waals surface area (Å²) in [5.41, 5.74) is 5.77. The topological polar surface area (TPSA) is 91.2 Å². The fraction of sp³-hybridized carbons (Fsp3) is 0.875. The van der Waals surface area contributed by atoms with Crippen molar-refractivity contribution in [3.8, 4) is 0 Å². The minimum Gasteiger partial charge on any atom is -0.353 e. The second kappa shape index (κ2) is 4.43. The summed E-state index contributed by atoms with van der Waals surface area (Å²) in [5.74, 6) is 5.68. The molecule has 1 fully saturated rings. The van der Waals surface area contributed by atoms with Crippen LogP contribution in [0, 0.1) is 5.41 Å². The van der Waals surface area contributed by atoms with Gasteiger partial charge in [0.05, 0.1) is 0 Å². The van der Waals surface area contributed by atoms with Crippen LogP contribution in [0.3, 0.4) is 0 Å². The molecule has 1 aliphatic carbocycles. The van der Waals surface area contributed by atoms with Crippen LogP contribution in [0.5, 0.6) is 0 Å². The third kappa shape index (κ3) is 3.20. The van der Waals surface area contributed by atoms with Gasteiger partial charge in [-0.1, -0.05) is 0 Å². The van der Waals surface area contributed by atoms with Crippen molar-refractivity contribution in [3.63, 3.8) is 0 Å². The molecule has 0 aromatic rings. The molecule has 76 valence electrons. The maximum absolute atomic E-state index is 7.49. The number of hydrogen-bond acceptors (Lipinski definition) is 3. The van der Waals surface area contributed by atoms with E-state index in [0.717, 1.165) is 25.7 Å². The van der Waals surface area contributed by atoms with Gasteiger partial charge >= 0.3 is 0 Å². The van der Waals surface area contributed by atoms with Crippen molar-refractivity contribution in [1.82, 2.24) is 10.3 Å². The van der Waals surface area contributed by atoms with E-state index < -0.39 is 0 Å². The SMILES string of the molecule is CN(N)C(=N)N[C@H]1CC[C@H](N)CC1. The highest BCUT2D eigenvalue weighted by Gasteiger charge is 2.19. The molecule has 0 heterocycles. The van der Waals surface area contributed by atoms with Gasteiger partial charge in [0.1, 0.15) is 0 Å². The Balaban J connectivity index is 2.26. The van der Waals surface area contributed by atoms with Crippen LogP contribution in [0.2, 0.25) is 0 Å². The number of nitrogens with two attached hydrogens (primary N) is 2. The number of hydrogen-bond donors (Lipinski definition) is 4. The summed E-state index contributed by atoms with van der Waals surface area (Å²) in [4.78, 5) is 0. The van der Waals surface area contributed by atoms with Gasteiger partial charge in [-0.05, 0) is 25.7 Å². The standard InChI is InChI=1S/C8H19N5/c1-13(11)8(10)12-7-4-2-6(9)3-5-7/h6-7H,2-5,9,11H2,1H3,(H2,10,12)/t6-,7-. The minimum atomic E-state index is 0.278. The summed E-state index contributed by atoms with van der Waals surface area (Å²) >= 11 is 0. The zero-order valence-corrected chi connectivity index (χ0v) is 8.09. The van der Waals surface area contributed by atoms with Gasteiger partial charge in [0, 0.05) is 19.1 Å². The summed E-state index contributed by atoms with van der Waals surface area (Å²) < 4.78 is 0. The van der Waals surface area contributed by atoms with Crippen molar-refractivity contribution in [2.24, 2.45) is 11.6 Å². The molecule has 0 aromatic heterocycles. The molecule has 5 heteroatoms. The number of nitrogens with zero attached hydrogens (tertiary/aromatic N) is 1. The molecule has 13 heavy (non-hydrogen) atoms. The normalized spacial score (nSPS) is 28.2. The lowest BCUT2D eigenvalue weighted by Crippen LogP contribution is -2.48. The molecule has 0 radical (unpaired) electrons. The van der Waals surface area contributed by atoms with Gasteiger partial charge in [-0.15, -0.1) is 0 Å². The molecule has 6 N–H and O–H groups in total. The highest BCUT2D eigenvalue weighted by atomic mass is 15.5. The van der Waals surface area contributed by atoms with E-state index in [2.05, 4.69) is 5.32 Å². The van der Waals surface area contributed by atoms with Crippen molar-refractivity contribution in [2.75, 3.05) is 7.05 Å². The Morgan fingerprint density at radius 3 is 2.38 bits per heavy atom. The molecule has 0 saturated heterocycles. The number of rotatable bonds is 1. The lowest BCUT2D eigenvalue weighted by atomic mass is 9.92. The van der Waals surface area contributed by atoms with E-state index in [1.807, 2.05) is 0 Å². The predicted molar refractivity (Wildman–Crippen MR) is 53.0 cm³/mol. The molecule has 0 atom stereocenters. The highest BCUT2D eigenvalue weighted by molar-refractivity contribution is 5.75. The zero-order chi connectivity index (χ0) is 9.84. The largest absolute Gasteiger partial charge is 0.353 e. The lowest BCUT2D eigenvalue weighted by Gasteiger charge is -2.28. The first-order valence-electron chi connectivity index (χ1n) is 4.68. The molecule has 0 bridgehead atoms. The quantitative estimate of drug-likeness (QED) is 0.193. The van der Waals surface area contributed by atoms with Crippen LogP contribution in [-0.2, 0) is 0 Å². The van der Waals surface area contributed by atoms with Crippen molar-refractivity contribution in [3.05, 3.63) is 0 Å². The molecule has 0 aliphatic heterocycles. The smallest absolute Gasteiger partial charge is 0.205 e. The van der Waals surface area contributed by atoms with E-state index in [9.17, 15) is 0 Å². The van der Waals surface area contributed by atoms with Gasteiger partial charge in [0.2, 0.25) is 5.96 Å². The van der Waals surface area contributed by atoms with Crippen LogP contribution < -0.4 is 16.9 Å². The molecule has 5 nitrogen and oxygen atoms in total. The van der Waals surface area contributed by atoms with Crippen molar-refractivity contribution >= 4 is 5.96 Å². The predicted octanol–water partition coefficient (Wildman–Crippen LogP) is -0.414. The first-order chi connectivity index (χ1) is 6.09. The van der Waals surface area contributed by atoms with Gasteiger partial charge in [-0.3, -0.25) is 10.4 Å². The molecule has 1 aliphatic rings. The van der Waals surface area contributed by atoms with Crippen LogP contribution in [0.25, 0.3) is 0 Å². The highest BCUT2D eigenvalue weighted by Crippen LogP contribution is 2.16. The van der Waals surface area contributed by atoms with Crippen LogP contribution in [0.4, 0.5) is 0 Å². The number of nitrogens with one attached hydrogen (secondary N) is 2. The van der Waals surface area contributed by atoms with Gasteiger partial charge in [-0.25, -0.2) is 5.84 Å². The van der Waals surface area contributed by atoms with Crippen LogP contribution in [-0.4, -0.2) is 30.1 Å². The van der Waals surface area contributed by atoms with Gasteiger partial charge in [0.25, 0.3) is 0 Å². The van der Waals surface area contributed by atoms with E-state index in [-0.39, 0.29) is 5.96 Å². The monoisotopic (exact) mass is 185 g/mol. The molecule has 0 unspecified atom stereocenters. The Morgan fingerprint density at radius 1 is 1.38 bits per heavy atom. The fourth-order valence-electron chi connectivity index (χ4n) is 1.56. The van der Waals surface area contributed by atoms with Gasteiger partial charge in [-0.2, -0.15) is 0 Å². The maximum Gasteiger partial charge on any atom is 0.205 e. The van der Waals surface area contributed by atoms with E-state index in [1.165, 1.54) is 5.01 Å².